The molecular weight excluding hydrogens is 388 g/mol. The van der Waals surface area contributed by atoms with Gasteiger partial charge in [-0.15, -0.1) is 0 Å². The molecule has 0 N–H and O–H groups in total. The topological polar surface area (TPSA) is 50.6 Å². The third-order valence-corrected chi connectivity index (χ3v) is 5.89. The van der Waals surface area contributed by atoms with E-state index < -0.39 is 5.60 Å². The normalized spacial score (nSPS) is 15.3. The lowest BCUT2D eigenvalue weighted by atomic mass is 10.0. The Balaban J connectivity index is 1.34. The molecule has 1 aliphatic rings. The molecule has 0 spiro atoms. The number of carbonyl (C=O) groups excluding carboxylic acids is 1. The highest BCUT2D eigenvalue weighted by Gasteiger charge is 2.28. The lowest BCUT2D eigenvalue weighted by Crippen LogP contribution is -2.47. The van der Waals surface area contributed by atoms with E-state index in [0.29, 0.717) is 6.04 Å². The molecule has 0 saturated carbocycles. The van der Waals surface area contributed by atoms with E-state index in [1.807, 2.05) is 50.2 Å². The molecule has 31 heavy (non-hydrogen) atoms. The van der Waals surface area contributed by atoms with Gasteiger partial charge >= 0.3 is 6.09 Å². The van der Waals surface area contributed by atoms with Crippen LogP contribution in [0.25, 0.3) is 11.0 Å². The zero-order valence-electron chi connectivity index (χ0n) is 18.9. The molecule has 1 amide bonds. The Kier molecular flexibility index (Phi) is 5.90. The standard InChI is InChI=1S/C25H32N4O2/c1-25(2,3)31-24(30)28-15-13-21(14-16-28)27(4)20-11-9-19(10-12-20)17-29-18-26-22-7-5-6-8-23(22)29/h5-12,18,21H,13-17H2,1-4H3. The molecule has 1 fully saturated rings. The number of ether oxygens (including phenoxy) is 1. The van der Waals surface area contributed by atoms with Crippen molar-refractivity contribution in [1.29, 1.82) is 0 Å². The quantitative estimate of drug-likeness (QED) is 0.601. The average Bonchev–Trinajstić information content (AvgIpc) is 3.16. The fourth-order valence-electron chi connectivity index (χ4n) is 4.14. The Morgan fingerprint density at radius 2 is 1.77 bits per heavy atom. The second kappa shape index (κ2) is 8.61. The highest BCUT2D eigenvalue weighted by molar-refractivity contribution is 5.75. The molecule has 1 saturated heterocycles. The van der Waals surface area contributed by atoms with Crippen molar-refractivity contribution in [3.63, 3.8) is 0 Å². The number of fused-ring (bicyclic) bond motifs is 1. The molecule has 1 aromatic heterocycles. The number of amides is 1. The minimum atomic E-state index is -0.449. The number of rotatable bonds is 4. The molecule has 164 valence electrons. The van der Waals surface area contributed by atoms with Gasteiger partial charge in [-0.1, -0.05) is 24.3 Å². The summed E-state index contributed by atoms with van der Waals surface area (Å²) in [6.07, 6.45) is 3.59. The van der Waals surface area contributed by atoms with Crippen LogP contribution in [0.2, 0.25) is 0 Å². The first-order chi connectivity index (χ1) is 14.8. The maximum Gasteiger partial charge on any atom is 0.410 e. The van der Waals surface area contributed by atoms with Gasteiger partial charge in [-0.05, 0) is 63.4 Å². The highest BCUT2D eigenvalue weighted by Crippen LogP contribution is 2.24. The average molecular weight is 421 g/mol. The molecular formula is C25H32N4O2. The summed E-state index contributed by atoms with van der Waals surface area (Å²) < 4.78 is 7.69. The number of aromatic nitrogens is 2. The van der Waals surface area contributed by atoms with E-state index >= 15 is 0 Å². The Labute approximate surface area is 184 Å². The molecule has 0 aliphatic carbocycles. The van der Waals surface area contributed by atoms with Crippen molar-refractivity contribution in [2.45, 2.75) is 51.8 Å². The van der Waals surface area contributed by atoms with E-state index in [1.54, 1.807) is 0 Å². The van der Waals surface area contributed by atoms with Gasteiger partial charge in [-0.2, -0.15) is 0 Å². The van der Waals surface area contributed by atoms with Crippen LogP contribution in [0, 0.1) is 0 Å². The number of likely N-dealkylation sites (tertiary alicyclic amines) is 1. The largest absolute Gasteiger partial charge is 0.444 e. The molecule has 4 rings (SSSR count). The molecule has 3 aromatic rings. The summed E-state index contributed by atoms with van der Waals surface area (Å²) in [4.78, 5) is 20.9. The van der Waals surface area contributed by atoms with Crippen LogP contribution in [-0.4, -0.2) is 52.3 Å². The predicted octanol–water partition coefficient (Wildman–Crippen LogP) is 4.92. The van der Waals surface area contributed by atoms with Gasteiger partial charge in [0, 0.05) is 38.4 Å². The van der Waals surface area contributed by atoms with Gasteiger partial charge in [0.25, 0.3) is 0 Å². The SMILES string of the molecule is CN(c1ccc(Cn2cnc3ccccc32)cc1)C1CCN(C(=O)OC(C)(C)C)CC1. The number of benzene rings is 2. The second-order valence-corrected chi connectivity index (χ2v) is 9.34. The van der Waals surface area contributed by atoms with Crippen molar-refractivity contribution >= 4 is 22.8 Å². The third-order valence-electron chi connectivity index (χ3n) is 5.89. The van der Waals surface area contributed by atoms with E-state index in [4.69, 9.17) is 4.74 Å². The van der Waals surface area contributed by atoms with Crippen molar-refractivity contribution in [2.24, 2.45) is 0 Å². The zero-order valence-corrected chi connectivity index (χ0v) is 18.9. The first-order valence-corrected chi connectivity index (χ1v) is 11.0. The zero-order chi connectivity index (χ0) is 22.0. The van der Waals surface area contributed by atoms with Gasteiger partial charge in [0.05, 0.1) is 17.4 Å². The van der Waals surface area contributed by atoms with Crippen LogP contribution in [0.3, 0.4) is 0 Å². The van der Waals surface area contributed by atoms with Gasteiger partial charge < -0.3 is 19.1 Å². The molecule has 0 radical (unpaired) electrons. The van der Waals surface area contributed by atoms with E-state index in [2.05, 4.69) is 51.8 Å². The van der Waals surface area contributed by atoms with Crippen LogP contribution in [-0.2, 0) is 11.3 Å². The number of imidazole rings is 1. The van der Waals surface area contributed by atoms with Crippen molar-refractivity contribution in [1.82, 2.24) is 14.5 Å². The Hall–Kier alpha value is -3.02. The van der Waals surface area contributed by atoms with Gasteiger partial charge in [0.15, 0.2) is 0 Å². The van der Waals surface area contributed by atoms with Crippen LogP contribution in [0.15, 0.2) is 54.9 Å². The fraction of sp³-hybridized carbons (Fsp3) is 0.440. The maximum atomic E-state index is 12.3. The molecule has 0 unspecified atom stereocenters. The summed E-state index contributed by atoms with van der Waals surface area (Å²) in [5.41, 5.74) is 4.18. The van der Waals surface area contributed by atoms with Gasteiger partial charge in [0.1, 0.15) is 5.60 Å². The number of hydrogen-bond donors (Lipinski definition) is 0. The molecule has 0 bridgehead atoms. The van der Waals surface area contributed by atoms with Crippen LogP contribution in [0.1, 0.15) is 39.2 Å². The number of hydrogen-bond acceptors (Lipinski definition) is 4. The smallest absolute Gasteiger partial charge is 0.410 e. The number of anilines is 1. The Morgan fingerprint density at radius 3 is 2.45 bits per heavy atom. The van der Waals surface area contributed by atoms with Crippen molar-refractivity contribution < 1.29 is 9.53 Å². The predicted molar refractivity (Wildman–Crippen MR) is 125 cm³/mol. The lowest BCUT2D eigenvalue weighted by molar-refractivity contribution is 0.0205. The van der Waals surface area contributed by atoms with Crippen LogP contribution < -0.4 is 4.90 Å². The first-order valence-electron chi connectivity index (χ1n) is 11.0. The molecule has 0 atom stereocenters. The van der Waals surface area contributed by atoms with Crippen LogP contribution >= 0.6 is 0 Å². The first kappa shape index (κ1) is 21.2. The van der Waals surface area contributed by atoms with Gasteiger partial charge in [-0.25, -0.2) is 9.78 Å². The fourth-order valence-corrected chi connectivity index (χ4v) is 4.14. The van der Waals surface area contributed by atoms with Crippen molar-refractivity contribution in [3.05, 3.63) is 60.4 Å². The summed E-state index contributed by atoms with van der Waals surface area (Å²) in [6, 6.07) is 17.4. The summed E-state index contributed by atoms with van der Waals surface area (Å²) in [5.74, 6) is 0. The lowest BCUT2D eigenvalue weighted by Gasteiger charge is -2.38. The Bertz CT molecular complexity index is 1030. The van der Waals surface area contributed by atoms with Crippen LogP contribution in [0.4, 0.5) is 10.5 Å². The number of para-hydroxylation sites is 2. The minimum absolute atomic E-state index is 0.204. The maximum absolute atomic E-state index is 12.3. The molecule has 1 aliphatic heterocycles. The van der Waals surface area contributed by atoms with Crippen molar-refractivity contribution in [3.8, 4) is 0 Å². The number of carbonyl (C=O) groups is 1. The summed E-state index contributed by atoms with van der Waals surface area (Å²) in [7, 11) is 2.15. The third kappa shape index (κ3) is 5.01. The number of piperidine rings is 1. The van der Waals surface area contributed by atoms with Gasteiger partial charge in [-0.3, -0.25) is 0 Å². The van der Waals surface area contributed by atoms with Crippen LogP contribution in [0.5, 0.6) is 0 Å². The monoisotopic (exact) mass is 420 g/mol. The highest BCUT2D eigenvalue weighted by atomic mass is 16.6. The van der Waals surface area contributed by atoms with Crippen molar-refractivity contribution in [2.75, 3.05) is 25.0 Å². The van der Waals surface area contributed by atoms with E-state index in [0.717, 1.165) is 43.5 Å². The second-order valence-electron chi connectivity index (χ2n) is 9.34. The molecule has 6 heteroatoms. The van der Waals surface area contributed by atoms with Gasteiger partial charge in [0.2, 0.25) is 0 Å². The molecule has 2 aromatic carbocycles. The van der Waals surface area contributed by atoms with E-state index in [1.165, 1.54) is 11.3 Å². The summed E-state index contributed by atoms with van der Waals surface area (Å²) in [6.45, 7) is 7.99. The summed E-state index contributed by atoms with van der Waals surface area (Å²) >= 11 is 0. The van der Waals surface area contributed by atoms with E-state index in [9.17, 15) is 4.79 Å². The summed E-state index contributed by atoms with van der Waals surface area (Å²) in [5, 5.41) is 0. The minimum Gasteiger partial charge on any atom is -0.444 e. The Morgan fingerprint density at radius 1 is 1.10 bits per heavy atom. The molecule has 2 heterocycles. The molecule has 6 nitrogen and oxygen atoms in total. The van der Waals surface area contributed by atoms with E-state index in [-0.39, 0.29) is 6.09 Å². The number of nitrogens with zero attached hydrogens (tertiary/aromatic N) is 4.